The van der Waals surface area contributed by atoms with E-state index in [1.165, 1.54) is 18.2 Å². The van der Waals surface area contributed by atoms with Gasteiger partial charge in [-0.1, -0.05) is 29.8 Å². The molecule has 0 fully saturated rings. The van der Waals surface area contributed by atoms with Crippen molar-refractivity contribution in [3.05, 3.63) is 75.4 Å². The van der Waals surface area contributed by atoms with Crippen LogP contribution < -0.4 is 10.9 Å². The number of nitrogens with one attached hydrogen (secondary N) is 2. The van der Waals surface area contributed by atoms with E-state index in [1.54, 1.807) is 30.3 Å². The third-order valence-corrected chi connectivity index (χ3v) is 5.39. The molecule has 3 rings (SSSR count). The van der Waals surface area contributed by atoms with Crippen LogP contribution in [-0.2, 0) is 9.47 Å². The number of H-pyrrole nitrogens is 1. The number of aromatic nitrogens is 1. The Morgan fingerprint density at radius 3 is 2.66 bits per heavy atom. The van der Waals surface area contributed by atoms with E-state index in [4.69, 9.17) is 21.1 Å². The summed E-state index contributed by atoms with van der Waals surface area (Å²) < 4.78 is 24.0. The van der Waals surface area contributed by atoms with Crippen LogP contribution in [0.2, 0.25) is 5.02 Å². The van der Waals surface area contributed by atoms with E-state index in [9.17, 15) is 14.0 Å². The summed E-state index contributed by atoms with van der Waals surface area (Å²) in [6.07, 6.45) is 1.62. The predicted octanol–water partition coefficient (Wildman–Crippen LogP) is 4.58. The molecule has 9 heteroatoms. The van der Waals surface area contributed by atoms with Crippen molar-refractivity contribution in [1.29, 1.82) is 0 Å². The van der Waals surface area contributed by atoms with Crippen LogP contribution in [-0.4, -0.2) is 49.4 Å². The molecule has 2 aromatic carbocycles. The monoisotopic (exact) mass is 461 g/mol. The summed E-state index contributed by atoms with van der Waals surface area (Å²) in [6, 6.07) is 10.4. The Morgan fingerprint density at radius 1 is 1.19 bits per heavy atom. The third kappa shape index (κ3) is 5.64. The number of hydrogen-bond donors (Lipinski definition) is 2. The van der Waals surface area contributed by atoms with Gasteiger partial charge in [0.2, 0.25) is 0 Å². The number of hydrogen-bond acceptors (Lipinski definition) is 4. The van der Waals surface area contributed by atoms with Gasteiger partial charge in [0.15, 0.2) is 0 Å². The second-order valence-electron chi connectivity index (χ2n) is 7.15. The van der Waals surface area contributed by atoms with Crippen molar-refractivity contribution >= 4 is 34.1 Å². The number of aromatic amines is 1. The van der Waals surface area contributed by atoms with E-state index in [0.717, 1.165) is 10.9 Å². The number of pyridine rings is 1. The number of amides is 2. The molecule has 0 aliphatic heterocycles. The van der Waals surface area contributed by atoms with E-state index < -0.39 is 17.9 Å². The Bertz CT molecular complexity index is 1140. The zero-order chi connectivity index (χ0) is 23.1. The normalized spacial score (nSPS) is 12.0. The lowest BCUT2D eigenvalue weighted by Crippen LogP contribution is -2.39. The minimum absolute atomic E-state index is 0.0862. The quantitative estimate of drug-likeness (QED) is 0.457. The fourth-order valence-electron chi connectivity index (χ4n) is 3.39. The highest BCUT2D eigenvalue weighted by Gasteiger charge is 2.24. The molecule has 2 N–H and O–H groups in total. The molecule has 0 unspecified atom stereocenters. The number of carbonyl (C=O) groups excluding carboxylic acids is 1. The molecule has 170 valence electrons. The highest BCUT2D eigenvalue weighted by Crippen LogP contribution is 2.27. The van der Waals surface area contributed by atoms with Crippen molar-refractivity contribution in [2.75, 3.05) is 38.8 Å². The van der Waals surface area contributed by atoms with Crippen molar-refractivity contribution < 1.29 is 18.7 Å². The first kappa shape index (κ1) is 23.7. The summed E-state index contributed by atoms with van der Waals surface area (Å²) >= 11 is 5.84. The number of benzene rings is 2. The lowest BCUT2D eigenvalue weighted by molar-refractivity contribution is 0.0581. The summed E-state index contributed by atoms with van der Waals surface area (Å²) in [5.41, 5.74) is 0.950. The van der Waals surface area contributed by atoms with Crippen LogP contribution in [0.15, 0.2) is 53.5 Å². The standard InChI is InChI=1S/C23H25ClFN3O4/c1-15(19-14-26-22(29)18-6-4-3-5-17(18)19)28(9-10-32-12-11-31-2)23(30)27-16-7-8-21(25)20(24)13-16/h3-8,13-15H,9-12H2,1-2H3,(H,26,29)(H,27,30)/t15-/m0/s1. The predicted molar refractivity (Wildman–Crippen MR) is 123 cm³/mol. The maximum atomic E-state index is 13.5. The van der Waals surface area contributed by atoms with Crippen LogP contribution in [0.25, 0.3) is 10.8 Å². The molecular formula is C23H25ClFN3O4. The Kier molecular flexibility index (Phi) is 8.21. The van der Waals surface area contributed by atoms with E-state index in [1.807, 2.05) is 19.1 Å². The topological polar surface area (TPSA) is 83.7 Å². The molecule has 2 amide bonds. The second kappa shape index (κ2) is 11.1. The number of ether oxygens (including phenoxy) is 2. The number of rotatable bonds is 9. The molecule has 0 aliphatic carbocycles. The molecular weight excluding hydrogens is 437 g/mol. The highest BCUT2D eigenvalue weighted by molar-refractivity contribution is 6.31. The summed E-state index contributed by atoms with van der Waals surface area (Å²) in [7, 11) is 1.58. The van der Waals surface area contributed by atoms with Gasteiger partial charge < -0.3 is 24.7 Å². The molecule has 7 nitrogen and oxygen atoms in total. The van der Waals surface area contributed by atoms with Gasteiger partial charge in [-0.3, -0.25) is 4.79 Å². The Hall–Kier alpha value is -2.94. The van der Waals surface area contributed by atoms with Gasteiger partial charge in [0.05, 0.1) is 30.9 Å². The minimum Gasteiger partial charge on any atom is -0.382 e. The summed E-state index contributed by atoms with van der Waals surface area (Å²) in [4.78, 5) is 29.7. The largest absolute Gasteiger partial charge is 0.382 e. The minimum atomic E-state index is -0.568. The fraction of sp³-hybridized carbons (Fsp3) is 0.304. The average molecular weight is 462 g/mol. The van der Waals surface area contributed by atoms with Gasteiger partial charge >= 0.3 is 6.03 Å². The van der Waals surface area contributed by atoms with Crippen molar-refractivity contribution in [2.24, 2.45) is 0 Å². The Morgan fingerprint density at radius 2 is 1.94 bits per heavy atom. The van der Waals surface area contributed by atoms with Crippen LogP contribution in [0.1, 0.15) is 18.5 Å². The van der Waals surface area contributed by atoms with Gasteiger partial charge in [0.25, 0.3) is 5.56 Å². The lowest BCUT2D eigenvalue weighted by Gasteiger charge is -2.30. The second-order valence-corrected chi connectivity index (χ2v) is 7.56. The molecule has 0 bridgehead atoms. The van der Waals surface area contributed by atoms with Gasteiger partial charge in [0.1, 0.15) is 5.82 Å². The van der Waals surface area contributed by atoms with Crippen molar-refractivity contribution in [2.45, 2.75) is 13.0 Å². The number of anilines is 1. The summed E-state index contributed by atoms with van der Waals surface area (Å²) in [5.74, 6) is -0.568. The van der Waals surface area contributed by atoms with E-state index in [2.05, 4.69) is 10.3 Å². The lowest BCUT2D eigenvalue weighted by atomic mass is 10.0. The molecule has 0 aliphatic rings. The SMILES string of the molecule is COCCOCCN(C(=O)Nc1ccc(F)c(Cl)c1)[C@@H](C)c1c[nH]c(=O)c2ccccc12. The molecule has 1 atom stereocenters. The summed E-state index contributed by atoms with van der Waals surface area (Å²) in [6.45, 7) is 3.27. The van der Waals surface area contributed by atoms with E-state index >= 15 is 0 Å². The molecule has 1 heterocycles. The van der Waals surface area contributed by atoms with Crippen LogP contribution in [0.3, 0.4) is 0 Å². The molecule has 0 saturated heterocycles. The number of methoxy groups -OCH3 is 1. The molecule has 0 saturated carbocycles. The zero-order valence-electron chi connectivity index (χ0n) is 17.9. The highest BCUT2D eigenvalue weighted by atomic mass is 35.5. The fourth-order valence-corrected chi connectivity index (χ4v) is 3.57. The Balaban J connectivity index is 1.87. The molecule has 3 aromatic rings. The zero-order valence-corrected chi connectivity index (χ0v) is 18.6. The van der Waals surface area contributed by atoms with E-state index in [-0.39, 0.29) is 23.7 Å². The maximum absolute atomic E-state index is 13.5. The van der Waals surface area contributed by atoms with E-state index in [0.29, 0.717) is 24.3 Å². The van der Waals surface area contributed by atoms with Gasteiger partial charge in [-0.25, -0.2) is 9.18 Å². The molecule has 32 heavy (non-hydrogen) atoms. The van der Waals surface area contributed by atoms with Crippen LogP contribution in [0, 0.1) is 5.82 Å². The van der Waals surface area contributed by atoms with Gasteiger partial charge in [0, 0.05) is 30.9 Å². The van der Waals surface area contributed by atoms with Gasteiger partial charge in [-0.2, -0.15) is 0 Å². The van der Waals surface area contributed by atoms with Crippen LogP contribution in [0.5, 0.6) is 0 Å². The molecule has 0 spiro atoms. The first-order valence-electron chi connectivity index (χ1n) is 10.1. The van der Waals surface area contributed by atoms with Crippen molar-refractivity contribution in [3.8, 4) is 0 Å². The molecule has 0 radical (unpaired) electrons. The number of urea groups is 1. The van der Waals surface area contributed by atoms with Crippen LogP contribution >= 0.6 is 11.6 Å². The van der Waals surface area contributed by atoms with Gasteiger partial charge in [-0.05, 0) is 42.1 Å². The Labute approximate surface area is 190 Å². The van der Waals surface area contributed by atoms with Crippen LogP contribution in [0.4, 0.5) is 14.9 Å². The average Bonchev–Trinajstić information content (AvgIpc) is 2.79. The number of fused-ring (bicyclic) bond motifs is 1. The number of halogens is 2. The first-order chi connectivity index (χ1) is 15.4. The van der Waals surface area contributed by atoms with Crippen molar-refractivity contribution in [1.82, 2.24) is 9.88 Å². The van der Waals surface area contributed by atoms with Crippen molar-refractivity contribution in [3.63, 3.8) is 0 Å². The number of nitrogens with zero attached hydrogens (tertiary/aromatic N) is 1. The number of carbonyl (C=O) groups is 1. The third-order valence-electron chi connectivity index (χ3n) is 5.10. The first-order valence-corrected chi connectivity index (χ1v) is 10.5. The summed E-state index contributed by atoms with van der Waals surface area (Å²) in [5, 5.41) is 3.97. The molecule has 1 aromatic heterocycles. The smallest absolute Gasteiger partial charge is 0.322 e. The maximum Gasteiger partial charge on any atom is 0.322 e. The van der Waals surface area contributed by atoms with Gasteiger partial charge in [-0.15, -0.1) is 0 Å².